The lowest BCUT2D eigenvalue weighted by Crippen LogP contribution is -2.47. The van der Waals surface area contributed by atoms with Crippen molar-refractivity contribution >= 4 is 0 Å². The Labute approximate surface area is 99.5 Å². The fourth-order valence-corrected chi connectivity index (χ4v) is 2.94. The van der Waals surface area contributed by atoms with Crippen LogP contribution in [0.1, 0.15) is 39.0 Å². The van der Waals surface area contributed by atoms with Gasteiger partial charge >= 0.3 is 0 Å². The molecule has 1 saturated heterocycles. The van der Waals surface area contributed by atoms with E-state index in [1.165, 1.54) is 38.6 Å². The molecular formula is C13H26N2O. The molecule has 0 aromatic carbocycles. The fraction of sp³-hybridized carbons (Fsp3) is 1.00. The minimum absolute atomic E-state index is 0.789. The van der Waals surface area contributed by atoms with Crippen LogP contribution in [0.5, 0.6) is 0 Å². The molecule has 2 rings (SSSR count). The van der Waals surface area contributed by atoms with E-state index < -0.39 is 0 Å². The maximum absolute atomic E-state index is 5.41. The van der Waals surface area contributed by atoms with Crippen molar-refractivity contribution in [3.05, 3.63) is 0 Å². The quantitative estimate of drug-likeness (QED) is 0.788. The third kappa shape index (κ3) is 3.44. The third-order valence-electron chi connectivity index (χ3n) is 3.94. The number of hydrogen-bond donors (Lipinski definition) is 1. The Kier molecular flexibility index (Phi) is 5.07. The molecule has 0 aromatic rings. The summed E-state index contributed by atoms with van der Waals surface area (Å²) in [6.07, 6.45) is 6.73. The highest BCUT2D eigenvalue weighted by atomic mass is 16.5. The Morgan fingerprint density at radius 2 is 1.81 bits per heavy atom. The molecule has 16 heavy (non-hydrogen) atoms. The molecule has 0 bridgehead atoms. The smallest absolute Gasteiger partial charge is 0.0594 e. The fourth-order valence-electron chi connectivity index (χ4n) is 2.94. The van der Waals surface area contributed by atoms with Gasteiger partial charge in [0.2, 0.25) is 0 Å². The van der Waals surface area contributed by atoms with E-state index in [1.807, 2.05) is 0 Å². The van der Waals surface area contributed by atoms with Crippen LogP contribution >= 0.6 is 0 Å². The average Bonchev–Trinajstić information content (AvgIpc) is 2.38. The molecule has 0 aromatic heterocycles. The molecular weight excluding hydrogens is 200 g/mol. The van der Waals surface area contributed by atoms with E-state index in [2.05, 4.69) is 17.1 Å². The van der Waals surface area contributed by atoms with Crippen LogP contribution in [0, 0.1) is 0 Å². The summed E-state index contributed by atoms with van der Waals surface area (Å²) >= 11 is 0. The topological polar surface area (TPSA) is 24.5 Å². The number of morpholine rings is 1. The molecule has 1 saturated carbocycles. The Balaban J connectivity index is 1.67. The highest BCUT2D eigenvalue weighted by molar-refractivity contribution is 4.83. The maximum atomic E-state index is 5.41. The van der Waals surface area contributed by atoms with Gasteiger partial charge in [0.05, 0.1) is 13.2 Å². The monoisotopic (exact) mass is 226 g/mol. The summed E-state index contributed by atoms with van der Waals surface area (Å²) in [5, 5.41) is 3.65. The molecule has 1 N–H and O–H groups in total. The first-order chi connectivity index (χ1) is 7.90. The standard InChI is InChI=1S/C13H26N2O/c1-2-7-14-12-3-5-13(6-4-12)15-8-10-16-11-9-15/h12-14H,2-11H2,1H3. The second-order valence-electron chi connectivity index (χ2n) is 5.11. The van der Waals surface area contributed by atoms with Crippen molar-refractivity contribution in [3.63, 3.8) is 0 Å². The van der Waals surface area contributed by atoms with Crippen LogP contribution in [0.2, 0.25) is 0 Å². The summed E-state index contributed by atoms with van der Waals surface area (Å²) in [4.78, 5) is 2.64. The normalized spacial score (nSPS) is 32.8. The molecule has 1 aliphatic heterocycles. The molecule has 0 unspecified atom stereocenters. The van der Waals surface area contributed by atoms with Crippen molar-refractivity contribution in [1.29, 1.82) is 0 Å². The van der Waals surface area contributed by atoms with Crippen LogP contribution in [0.15, 0.2) is 0 Å². The van der Waals surface area contributed by atoms with E-state index in [-0.39, 0.29) is 0 Å². The van der Waals surface area contributed by atoms with Gasteiger partial charge in [0, 0.05) is 25.2 Å². The van der Waals surface area contributed by atoms with Crippen molar-refractivity contribution < 1.29 is 4.74 Å². The lowest BCUT2D eigenvalue weighted by atomic mass is 9.90. The minimum atomic E-state index is 0.789. The summed E-state index contributed by atoms with van der Waals surface area (Å²) in [5.74, 6) is 0. The Bertz CT molecular complexity index is 184. The summed E-state index contributed by atoms with van der Waals surface area (Å²) in [7, 11) is 0. The zero-order valence-corrected chi connectivity index (χ0v) is 10.6. The molecule has 0 spiro atoms. The number of nitrogens with one attached hydrogen (secondary N) is 1. The van der Waals surface area contributed by atoms with Gasteiger partial charge in [-0.2, -0.15) is 0 Å². The highest BCUT2D eigenvalue weighted by Gasteiger charge is 2.26. The molecule has 3 nitrogen and oxygen atoms in total. The molecule has 2 aliphatic rings. The summed E-state index contributed by atoms with van der Waals surface area (Å²) < 4.78 is 5.41. The second-order valence-corrected chi connectivity index (χ2v) is 5.11. The number of rotatable bonds is 4. The van der Waals surface area contributed by atoms with Crippen LogP contribution in [0.25, 0.3) is 0 Å². The maximum Gasteiger partial charge on any atom is 0.0594 e. The first kappa shape index (κ1) is 12.3. The number of hydrogen-bond acceptors (Lipinski definition) is 3. The lowest BCUT2D eigenvalue weighted by molar-refractivity contribution is 0.00658. The van der Waals surface area contributed by atoms with E-state index >= 15 is 0 Å². The van der Waals surface area contributed by atoms with Gasteiger partial charge in [-0.25, -0.2) is 0 Å². The molecule has 1 aliphatic carbocycles. The van der Waals surface area contributed by atoms with Gasteiger partial charge in [-0.3, -0.25) is 4.90 Å². The van der Waals surface area contributed by atoms with Crippen molar-refractivity contribution in [3.8, 4) is 0 Å². The van der Waals surface area contributed by atoms with Gasteiger partial charge in [0.15, 0.2) is 0 Å². The Hall–Kier alpha value is -0.120. The summed E-state index contributed by atoms with van der Waals surface area (Å²) in [5.41, 5.74) is 0. The van der Waals surface area contributed by atoms with E-state index in [4.69, 9.17) is 4.74 Å². The van der Waals surface area contributed by atoms with Gasteiger partial charge < -0.3 is 10.1 Å². The van der Waals surface area contributed by atoms with E-state index in [9.17, 15) is 0 Å². The molecule has 2 fully saturated rings. The van der Waals surface area contributed by atoms with Crippen molar-refractivity contribution in [2.45, 2.75) is 51.1 Å². The van der Waals surface area contributed by atoms with Crippen molar-refractivity contribution in [2.75, 3.05) is 32.8 Å². The number of nitrogens with zero attached hydrogens (tertiary/aromatic N) is 1. The van der Waals surface area contributed by atoms with Gasteiger partial charge in [-0.1, -0.05) is 6.92 Å². The molecule has 94 valence electrons. The van der Waals surface area contributed by atoms with E-state index in [1.54, 1.807) is 0 Å². The molecule has 0 radical (unpaired) electrons. The van der Waals surface area contributed by atoms with E-state index in [0.717, 1.165) is 38.4 Å². The van der Waals surface area contributed by atoms with Crippen LogP contribution in [-0.4, -0.2) is 49.8 Å². The van der Waals surface area contributed by atoms with Crippen LogP contribution in [0.3, 0.4) is 0 Å². The van der Waals surface area contributed by atoms with Crippen molar-refractivity contribution in [1.82, 2.24) is 10.2 Å². The van der Waals surface area contributed by atoms with Gasteiger partial charge in [-0.05, 0) is 38.6 Å². The largest absolute Gasteiger partial charge is 0.379 e. The third-order valence-corrected chi connectivity index (χ3v) is 3.94. The van der Waals surface area contributed by atoms with Crippen LogP contribution in [-0.2, 0) is 4.74 Å². The molecule has 0 atom stereocenters. The Morgan fingerprint density at radius 1 is 1.12 bits per heavy atom. The summed E-state index contributed by atoms with van der Waals surface area (Å²) in [6.45, 7) is 7.61. The van der Waals surface area contributed by atoms with Gasteiger partial charge in [-0.15, -0.1) is 0 Å². The Morgan fingerprint density at radius 3 is 2.44 bits per heavy atom. The van der Waals surface area contributed by atoms with Crippen molar-refractivity contribution in [2.24, 2.45) is 0 Å². The van der Waals surface area contributed by atoms with Gasteiger partial charge in [0.25, 0.3) is 0 Å². The SMILES string of the molecule is CCCNC1CCC(N2CCOCC2)CC1. The molecule has 0 amide bonds. The zero-order chi connectivity index (χ0) is 11.2. The van der Waals surface area contributed by atoms with Crippen LogP contribution < -0.4 is 5.32 Å². The summed E-state index contributed by atoms with van der Waals surface area (Å²) in [6, 6.07) is 1.63. The first-order valence-electron chi connectivity index (χ1n) is 6.95. The zero-order valence-electron chi connectivity index (χ0n) is 10.6. The predicted molar refractivity (Wildman–Crippen MR) is 66.7 cm³/mol. The second kappa shape index (κ2) is 6.58. The average molecular weight is 226 g/mol. The van der Waals surface area contributed by atoms with Gasteiger partial charge in [0.1, 0.15) is 0 Å². The van der Waals surface area contributed by atoms with Crippen LogP contribution in [0.4, 0.5) is 0 Å². The number of ether oxygens (including phenoxy) is 1. The minimum Gasteiger partial charge on any atom is -0.379 e. The predicted octanol–water partition coefficient (Wildman–Crippen LogP) is 1.63. The molecule has 1 heterocycles. The lowest BCUT2D eigenvalue weighted by Gasteiger charge is -2.39. The molecule has 3 heteroatoms. The first-order valence-corrected chi connectivity index (χ1v) is 6.95. The van der Waals surface area contributed by atoms with E-state index in [0.29, 0.717) is 0 Å². The highest BCUT2D eigenvalue weighted by Crippen LogP contribution is 2.23.